The number of fused-ring (bicyclic) bond motifs is 1. The lowest BCUT2D eigenvalue weighted by Gasteiger charge is -2.27. The summed E-state index contributed by atoms with van der Waals surface area (Å²) in [5, 5.41) is 12.6. The van der Waals surface area contributed by atoms with Gasteiger partial charge in [0.2, 0.25) is 0 Å². The molecule has 0 fully saturated rings. The first kappa shape index (κ1) is 15.6. The summed E-state index contributed by atoms with van der Waals surface area (Å²) < 4.78 is 5.03. The highest BCUT2D eigenvalue weighted by Gasteiger charge is 2.27. The minimum atomic E-state index is -0.430. The van der Waals surface area contributed by atoms with Crippen LogP contribution in [0.15, 0.2) is 48.5 Å². The van der Waals surface area contributed by atoms with Gasteiger partial charge in [-0.05, 0) is 35.9 Å². The van der Waals surface area contributed by atoms with Crippen molar-refractivity contribution in [3.05, 3.63) is 54.1 Å². The number of hydrogen-bond donors (Lipinski definition) is 2. The van der Waals surface area contributed by atoms with E-state index in [1.807, 2.05) is 12.1 Å². The second-order valence-electron chi connectivity index (χ2n) is 5.20. The van der Waals surface area contributed by atoms with Crippen molar-refractivity contribution < 1.29 is 19.4 Å². The van der Waals surface area contributed by atoms with Gasteiger partial charge in [0.25, 0.3) is 11.8 Å². The fraction of sp³-hybridized carbons (Fsp3) is 0.111. The average Bonchev–Trinajstić information content (AvgIpc) is 2.60. The number of anilines is 2. The molecule has 0 radical (unpaired) electrons. The van der Waals surface area contributed by atoms with E-state index in [1.54, 1.807) is 30.3 Å². The van der Waals surface area contributed by atoms with Gasteiger partial charge in [0.05, 0.1) is 25.0 Å². The number of ether oxygens (including phenoxy) is 1. The largest absolute Gasteiger partial charge is 0.504 e. The third-order valence-electron chi connectivity index (χ3n) is 3.67. The molecule has 0 aliphatic carbocycles. The summed E-state index contributed by atoms with van der Waals surface area (Å²) in [6, 6.07) is 11.9. The van der Waals surface area contributed by atoms with E-state index >= 15 is 0 Å². The first-order chi connectivity index (χ1) is 11.6. The van der Waals surface area contributed by atoms with Gasteiger partial charge in [0.1, 0.15) is 0 Å². The van der Waals surface area contributed by atoms with Crippen LogP contribution in [0.1, 0.15) is 5.56 Å². The molecule has 1 heterocycles. The third-order valence-corrected chi connectivity index (χ3v) is 3.67. The van der Waals surface area contributed by atoms with Gasteiger partial charge in [-0.15, -0.1) is 0 Å². The molecule has 24 heavy (non-hydrogen) atoms. The van der Waals surface area contributed by atoms with Crippen molar-refractivity contribution in [2.75, 3.05) is 23.9 Å². The highest BCUT2D eigenvalue weighted by molar-refractivity contribution is 6.23. The smallest absolute Gasteiger partial charge is 0.257 e. The standard InChI is InChI=1S/C18H16N2O4/c1-24-16-10-12(6-8-15(16)21)7-9-17(22)20-14-5-3-2-4-13(14)19-11-18(20)23/h2-10,19,21H,11H2,1H3/b9-7+. The molecule has 0 aromatic heterocycles. The van der Waals surface area contributed by atoms with Gasteiger partial charge >= 0.3 is 0 Å². The molecule has 122 valence electrons. The molecule has 0 bridgehead atoms. The van der Waals surface area contributed by atoms with Crippen molar-refractivity contribution in [2.24, 2.45) is 0 Å². The van der Waals surface area contributed by atoms with Gasteiger partial charge in [0, 0.05) is 6.08 Å². The normalized spacial score (nSPS) is 13.5. The number of nitrogens with zero attached hydrogens (tertiary/aromatic N) is 1. The molecule has 1 aliphatic rings. The molecule has 0 saturated carbocycles. The Bertz CT molecular complexity index is 830. The summed E-state index contributed by atoms with van der Waals surface area (Å²) in [5.41, 5.74) is 1.95. The lowest BCUT2D eigenvalue weighted by atomic mass is 10.1. The number of carbonyl (C=O) groups is 2. The minimum absolute atomic E-state index is 0.0205. The summed E-state index contributed by atoms with van der Waals surface area (Å²) >= 11 is 0. The van der Waals surface area contributed by atoms with Crippen LogP contribution in [-0.4, -0.2) is 30.6 Å². The number of aromatic hydroxyl groups is 1. The zero-order valence-electron chi connectivity index (χ0n) is 13.0. The van der Waals surface area contributed by atoms with Crippen molar-refractivity contribution in [1.82, 2.24) is 0 Å². The van der Waals surface area contributed by atoms with Gasteiger partial charge in [-0.3, -0.25) is 9.59 Å². The van der Waals surface area contributed by atoms with E-state index in [2.05, 4.69) is 5.32 Å². The van der Waals surface area contributed by atoms with Crippen LogP contribution in [0.3, 0.4) is 0 Å². The number of carbonyl (C=O) groups excluding carboxylic acids is 2. The van der Waals surface area contributed by atoms with Crippen molar-refractivity contribution in [3.63, 3.8) is 0 Å². The Kier molecular flexibility index (Phi) is 4.20. The van der Waals surface area contributed by atoms with Crippen LogP contribution in [0, 0.1) is 0 Å². The lowest BCUT2D eigenvalue weighted by molar-refractivity contribution is -0.123. The van der Waals surface area contributed by atoms with Crippen LogP contribution >= 0.6 is 0 Å². The van der Waals surface area contributed by atoms with E-state index in [0.29, 0.717) is 17.0 Å². The number of hydrogen-bond acceptors (Lipinski definition) is 5. The van der Waals surface area contributed by atoms with E-state index in [0.717, 1.165) is 10.6 Å². The second-order valence-corrected chi connectivity index (χ2v) is 5.20. The lowest BCUT2D eigenvalue weighted by Crippen LogP contribution is -2.43. The Morgan fingerprint density at radius 1 is 1.29 bits per heavy atom. The quantitative estimate of drug-likeness (QED) is 0.848. The number of rotatable bonds is 3. The number of nitrogens with one attached hydrogen (secondary N) is 1. The van der Waals surface area contributed by atoms with Gasteiger partial charge in [-0.25, -0.2) is 4.90 Å². The molecule has 2 amide bonds. The summed E-state index contributed by atoms with van der Waals surface area (Å²) in [6.45, 7) is 0.0730. The number of benzene rings is 2. The summed E-state index contributed by atoms with van der Waals surface area (Å²) in [4.78, 5) is 25.7. The van der Waals surface area contributed by atoms with Gasteiger partial charge in [0.15, 0.2) is 11.5 Å². The Balaban J connectivity index is 1.86. The van der Waals surface area contributed by atoms with Crippen molar-refractivity contribution in [2.45, 2.75) is 0 Å². The van der Waals surface area contributed by atoms with Gasteiger partial charge < -0.3 is 15.2 Å². The van der Waals surface area contributed by atoms with Crippen molar-refractivity contribution in [3.8, 4) is 11.5 Å². The number of methoxy groups -OCH3 is 1. The molecule has 2 N–H and O–H groups in total. The van der Waals surface area contributed by atoms with E-state index in [1.165, 1.54) is 19.3 Å². The molecule has 0 spiro atoms. The highest BCUT2D eigenvalue weighted by Crippen LogP contribution is 2.30. The Labute approximate surface area is 139 Å². The Morgan fingerprint density at radius 2 is 2.08 bits per heavy atom. The zero-order valence-corrected chi connectivity index (χ0v) is 13.0. The van der Waals surface area contributed by atoms with Crippen LogP contribution in [-0.2, 0) is 9.59 Å². The maximum Gasteiger partial charge on any atom is 0.257 e. The number of imide groups is 1. The van der Waals surface area contributed by atoms with E-state index < -0.39 is 5.91 Å². The first-order valence-corrected chi connectivity index (χ1v) is 7.35. The van der Waals surface area contributed by atoms with Crippen molar-refractivity contribution >= 4 is 29.3 Å². The molecular weight excluding hydrogens is 308 g/mol. The Hall–Kier alpha value is -3.28. The second kappa shape index (κ2) is 6.45. The SMILES string of the molecule is COc1cc(/C=C/C(=O)N2C(=O)CNc3ccccc32)ccc1O. The third kappa shape index (κ3) is 2.94. The average molecular weight is 324 g/mol. The van der Waals surface area contributed by atoms with E-state index in [9.17, 15) is 14.7 Å². The number of phenolic OH excluding ortho intramolecular Hbond substituents is 1. The van der Waals surface area contributed by atoms with Gasteiger partial charge in [-0.2, -0.15) is 0 Å². The number of amides is 2. The number of phenols is 1. The molecule has 0 atom stereocenters. The fourth-order valence-corrected chi connectivity index (χ4v) is 2.48. The highest BCUT2D eigenvalue weighted by atomic mass is 16.5. The summed E-state index contributed by atoms with van der Waals surface area (Å²) in [7, 11) is 1.45. The molecule has 6 heteroatoms. The summed E-state index contributed by atoms with van der Waals surface area (Å²) in [6.07, 6.45) is 2.90. The maximum atomic E-state index is 12.5. The first-order valence-electron chi connectivity index (χ1n) is 7.35. The van der Waals surface area contributed by atoms with Crippen molar-refractivity contribution in [1.29, 1.82) is 0 Å². The molecule has 1 aliphatic heterocycles. The van der Waals surface area contributed by atoms with Crippen LogP contribution in [0.2, 0.25) is 0 Å². The maximum absolute atomic E-state index is 12.5. The fourth-order valence-electron chi connectivity index (χ4n) is 2.48. The zero-order chi connectivity index (χ0) is 17.1. The molecule has 3 rings (SSSR count). The number of para-hydroxylation sites is 2. The molecule has 0 saturated heterocycles. The predicted octanol–water partition coefficient (Wildman–Crippen LogP) is 2.40. The van der Waals surface area contributed by atoms with E-state index in [4.69, 9.17) is 4.74 Å². The Morgan fingerprint density at radius 3 is 2.88 bits per heavy atom. The molecular formula is C18H16N2O4. The molecule has 2 aromatic carbocycles. The van der Waals surface area contributed by atoms with E-state index in [-0.39, 0.29) is 18.2 Å². The molecule has 2 aromatic rings. The monoisotopic (exact) mass is 324 g/mol. The van der Waals surface area contributed by atoms with Crippen LogP contribution in [0.25, 0.3) is 6.08 Å². The predicted molar refractivity (Wildman–Crippen MR) is 91.1 cm³/mol. The topological polar surface area (TPSA) is 78.9 Å². The molecule has 0 unspecified atom stereocenters. The minimum Gasteiger partial charge on any atom is -0.504 e. The van der Waals surface area contributed by atoms with Crippen LogP contribution < -0.4 is 15.0 Å². The molecule has 6 nitrogen and oxygen atoms in total. The van der Waals surface area contributed by atoms with Crippen LogP contribution in [0.5, 0.6) is 11.5 Å². The summed E-state index contributed by atoms with van der Waals surface area (Å²) in [5.74, 6) is -0.409. The van der Waals surface area contributed by atoms with Crippen LogP contribution in [0.4, 0.5) is 11.4 Å². The van der Waals surface area contributed by atoms with Gasteiger partial charge in [-0.1, -0.05) is 18.2 Å².